The van der Waals surface area contributed by atoms with Crippen molar-refractivity contribution in [2.45, 2.75) is 20.4 Å². The number of benzene rings is 2. The Balaban J connectivity index is 2.30. The van der Waals surface area contributed by atoms with E-state index in [2.05, 4.69) is 81.6 Å². The first-order chi connectivity index (χ1) is 9.10. The minimum Gasteiger partial charge on any atom is -0.290 e. The molecule has 100 valence electrons. The van der Waals surface area contributed by atoms with Gasteiger partial charge in [-0.1, -0.05) is 62.4 Å². The van der Waals surface area contributed by atoms with E-state index in [1.54, 1.807) is 0 Å². The molecule has 0 bridgehead atoms. The van der Waals surface area contributed by atoms with E-state index >= 15 is 0 Å². The molecule has 0 aromatic heterocycles. The molecule has 0 spiro atoms. The summed E-state index contributed by atoms with van der Waals surface area (Å²) in [5, 5.41) is 0. The first kappa shape index (κ1) is 13.8. The third-order valence-electron chi connectivity index (χ3n) is 3.52. The Morgan fingerprint density at radius 2 is 1.37 bits per heavy atom. The maximum atomic E-state index is 2.34. The summed E-state index contributed by atoms with van der Waals surface area (Å²) in [7, 11) is 2.34. The van der Waals surface area contributed by atoms with Crippen LogP contribution >= 0.6 is 0 Å². The van der Waals surface area contributed by atoms with Crippen LogP contribution in [0.25, 0.3) is 0 Å². The average Bonchev–Trinajstić information content (AvgIpc) is 2.40. The van der Waals surface area contributed by atoms with E-state index in [0.29, 0.717) is 5.92 Å². The van der Waals surface area contributed by atoms with Gasteiger partial charge in [-0.2, -0.15) is 0 Å². The summed E-state index contributed by atoms with van der Waals surface area (Å²) in [6, 6.07) is 21.6. The lowest BCUT2D eigenvalue weighted by Gasteiger charge is -2.35. The van der Waals surface area contributed by atoms with E-state index < -0.39 is 0 Å². The van der Waals surface area contributed by atoms with Gasteiger partial charge in [0.05, 0.1) is 13.6 Å². The fourth-order valence-electron chi connectivity index (χ4n) is 2.84. The lowest BCUT2D eigenvalue weighted by molar-refractivity contribution is 0.285. The summed E-state index contributed by atoms with van der Waals surface area (Å²) in [6.45, 7) is 6.79. The van der Waals surface area contributed by atoms with Crippen LogP contribution in [-0.4, -0.2) is 13.6 Å². The maximum absolute atomic E-state index is 2.34. The van der Waals surface area contributed by atoms with Gasteiger partial charge in [-0.15, -0.1) is 0 Å². The van der Waals surface area contributed by atoms with Crippen molar-refractivity contribution in [2.24, 2.45) is 5.92 Å². The Hall–Kier alpha value is -1.60. The molecule has 1 unspecified atom stereocenters. The first-order valence-corrected chi connectivity index (χ1v) is 7.04. The molecule has 0 aliphatic heterocycles. The molecule has 1 heteroatoms. The summed E-state index contributed by atoms with van der Waals surface area (Å²) < 4.78 is 0.961. The minimum atomic E-state index is 0.675. The molecule has 0 radical (unpaired) electrons. The Morgan fingerprint density at radius 3 is 1.89 bits per heavy atom. The smallest absolute Gasteiger partial charge is 0.132 e. The van der Waals surface area contributed by atoms with Crippen molar-refractivity contribution in [1.29, 1.82) is 0 Å². The summed E-state index contributed by atoms with van der Waals surface area (Å²) >= 11 is 0. The van der Waals surface area contributed by atoms with Crippen LogP contribution in [0.4, 0.5) is 5.69 Å². The maximum Gasteiger partial charge on any atom is 0.132 e. The van der Waals surface area contributed by atoms with Gasteiger partial charge in [0, 0.05) is 11.5 Å². The van der Waals surface area contributed by atoms with Gasteiger partial charge in [0.25, 0.3) is 0 Å². The highest BCUT2D eigenvalue weighted by molar-refractivity contribution is 5.42. The zero-order chi connectivity index (χ0) is 13.7. The number of rotatable bonds is 5. The van der Waals surface area contributed by atoms with Crippen molar-refractivity contribution >= 4 is 5.69 Å². The van der Waals surface area contributed by atoms with Crippen molar-refractivity contribution in [3.8, 4) is 0 Å². The molecule has 0 aliphatic rings. The fraction of sp³-hybridized carbons (Fsp3) is 0.333. The highest BCUT2D eigenvalue weighted by atomic mass is 15.3. The topological polar surface area (TPSA) is 0 Å². The van der Waals surface area contributed by atoms with E-state index in [4.69, 9.17) is 0 Å². The molecule has 1 atom stereocenters. The molecular formula is C18H24N+. The van der Waals surface area contributed by atoms with Crippen LogP contribution in [0.5, 0.6) is 0 Å². The summed E-state index contributed by atoms with van der Waals surface area (Å²) in [6.07, 6.45) is 0. The van der Waals surface area contributed by atoms with Crippen LogP contribution in [0, 0.1) is 5.92 Å². The van der Waals surface area contributed by atoms with Gasteiger partial charge in [-0.3, -0.25) is 4.48 Å². The minimum absolute atomic E-state index is 0.675. The van der Waals surface area contributed by atoms with Gasteiger partial charge in [0.15, 0.2) is 0 Å². The second-order valence-electron chi connectivity index (χ2n) is 5.95. The van der Waals surface area contributed by atoms with E-state index in [1.807, 2.05) is 0 Å². The number of para-hydroxylation sites is 1. The fourth-order valence-corrected chi connectivity index (χ4v) is 2.84. The predicted molar refractivity (Wildman–Crippen MR) is 84.0 cm³/mol. The Bertz CT molecular complexity index is 490. The third kappa shape index (κ3) is 3.68. The molecule has 2 rings (SSSR count). The molecule has 0 fully saturated rings. The Kier molecular flexibility index (Phi) is 4.39. The van der Waals surface area contributed by atoms with Crippen molar-refractivity contribution in [1.82, 2.24) is 4.48 Å². The molecule has 0 saturated heterocycles. The van der Waals surface area contributed by atoms with Crippen LogP contribution in [0.1, 0.15) is 19.4 Å². The molecule has 19 heavy (non-hydrogen) atoms. The third-order valence-corrected chi connectivity index (χ3v) is 3.52. The lowest BCUT2D eigenvalue weighted by atomic mass is 10.1. The van der Waals surface area contributed by atoms with E-state index in [1.165, 1.54) is 11.3 Å². The Labute approximate surface area is 117 Å². The SMILES string of the molecule is CC(C)C[N+](C)(Cc1ccccc1)c1ccccc1. The summed E-state index contributed by atoms with van der Waals surface area (Å²) in [5.41, 5.74) is 2.79. The summed E-state index contributed by atoms with van der Waals surface area (Å²) in [4.78, 5) is 0. The van der Waals surface area contributed by atoms with Crippen molar-refractivity contribution in [3.05, 3.63) is 66.2 Å². The van der Waals surface area contributed by atoms with Gasteiger partial charge >= 0.3 is 0 Å². The zero-order valence-electron chi connectivity index (χ0n) is 12.2. The van der Waals surface area contributed by atoms with Crippen molar-refractivity contribution < 1.29 is 0 Å². The van der Waals surface area contributed by atoms with Gasteiger partial charge in [0.1, 0.15) is 12.2 Å². The standard InChI is InChI=1S/C18H24N/c1-16(2)14-19(3,18-12-8-5-9-13-18)15-17-10-6-4-7-11-17/h4-13,16H,14-15H2,1-3H3/q+1. The van der Waals surface area contributed by atoms with Crippen molar-refractivity contribution in [3.63, 3.8) is 0 Å². The first-order valence-electron chi connectivity index (χ1n) is 7.04. The van der Waals surface area contributed by atoms with Gasteiger partial charge in [-0.05, 0) is 12.1 Å². The molecule has 0 saturated carbocycles. The van der Waals surface area contributed by atoms with E-state index in [-0.39, 0.29) is 0 Å². The van der Waals surface area contributed by atoms with E-state index in [0.717, 1.165) is 17.6 Å². The second kappa shape index (κ2) is 6.03. The largest absolute Gasteiger partial charge is 0.290 e. The van der Waals surface area contributed by atoms with E-state index in [9.17, 15) is 0 Å². The highest BCUT2D eigenvalue weighted by Crippen LogP contribution is 2.25. The summed E-state index contributed by atoms with van der Waals surface area (Å²) in [5.74, 6) is 0.675. The number of nitrogens with zero attached hydrogens (tertiary/aromatic N) is 1. The molecule has 2 aromatic rings. The molecule has 0 heterocycles. The van der Waals surface area contributed by atoms with Crippen LogP contribution < -0.4 is 4.48 Å². The average molecular weight is 254 g/mol. The zero-order valence-corrected chi connectivity index (χ0v) is 12.2. The molecule has 0 amide bonds. The monoisotopic (exact) mass is 254 g/mol. The molecule has 0 N–H and O–H groups in total. The number of hydrogen-bond acceptors (Lipinski definition) is 0. The van der Waals surface area contributed by atoms with Crippen LogP contribution in [0.3, 0.4) is 0 Å². The molecular weight excluding hydrogens is 230 g/mol. The van der Waals surface area contributed by atoms with Crippen LogP contribution in [-0.2, 0) is 6.54 Å². The van der Waals surface area contributed by atoms with Crippen LogP contribution in [0.15, 0.2) is 60.7 Å². The normalized spacial score (nSPS) is 14.3. The molecule has 1 nitrogen and oxygen atoms in total. The predicted octanol–water partition coefficient (Wildman–Crippen LogP) is 4.48. The van der Waals surface area contributed by atoms with Crippen molar-refractivity contribution in [2.75, 3.05) is 13.6 Å². The number of quaternary nitrogens is 1. The number of hydrogen-bond donors (Lipinski definition) is 0. The highest BCUT2D eigenvalue weighted by Gasteiger charge is 2.26. The molecule has 2 aromatic carbocycles. The van der Waals surface area contributed by atoms with Gasteiger partial charge < -0.3 is 0 Å². The van der Waals surface area contributed by atoms with Crippen LogP contribution in [0.2, 0.25) is 0 Å². The Morgan fingerprint density at radius 1 is 0.842 bits per heavy atom. The quantitative estimate of drug-likeness (QED) is 0.690. The van der Waals surface area contributed by atoms with Gasteiger partial charge in [0.2, 0.25) is 0 Å². The second-order valence-corrected chi connectivity index (χ2v) is 5.95. The lowest BCUT2D eigenvalue weighted by Crippen LogP contribution is -2.46. The molecule has 0 aliphatic carbocycles. The van der Waals surface area contributed by atoms with Gasteiger partial charge in [-0.25, -0.2) is 0 Å².